The lowest BCUT2D eigenvalue weighted by molar-refractivity contribution is -0.139. The van der Waals surface area contributed by atoms with E-state index in [1.807, 2.05) is 0 Å². The minimum atomic E-state index is -1.35. The molecule has 0 atom stereocenters. The lowest BCUT2D eigenvalue weighted by atomic mass is 9.74. The highest BCUT2D eigenvalue weighted by Crippen LogP contribution is 2.35. The normalized spacial score (nSPS) is 16.5. The summed E-state index contributed by atoms with van der Waals surface area (Å²) < 4.78 is 26.3. The van der Waals surface area contributed by atoms with E-state index in [0.717, 1.165) is 18.7 Å². The molecule has 5 nitrogen and oxygen atoms in total. The summed E-state index contributed by atoms with van der Waals surface area (Å²) in [6, 6.07) is 1.06. The molecule has 1 fully saturated rings. The van der Waals surface area contributed by atoms with Gasteiger partial charge in [0.15, 0.2) is 5.82 Å². The van der Waals surface area contributed by atoms with E-state index in [-0.39, 0.29) is 6.42 Å². The molecular formula is C12H12F2N2O3. The van der Waals surface area contributed by atoms with E-state index < -0.39 is 34.7 Å². The smallest absolute Gasteiger partial charge is 0.305 e. The number of nitrogens with zero attached hydrogens (tertiary/aromatic N) is 1. The molecule has 1 aromatic rings. The highest BCUT2D eigenvalue weighted by molar-refractivity contribution is 5.95. The summed E-state index contributed by atoms with van der Waals surface area (Å²) in [5.41, 5.74) is -1.32. The fraction of sp³-hybridized carbons (Fsp3) is 0.417. The van der Waals surface area contributed by atoms with Gasteiger partial charge in [-0.2, -0.15) is 4.39 Å². The second-order valence-electron chi connectivity index (χ2n) is 4.62. The van der Waals surface area contributed by atoms with Crippen molar-refractivity contribution in [2.75, 3.05) is 0 Å². The molecular weight excluding hydrogens is 258 g/mol. The van der Waals surface area contributed by atoms with Crippen LogP contribution in [0.5, 0.6) is 0 Å². The second-order valence-corrected chi connectivity index (χ2v) is 4.62. The maximum absolute atomic E-state index is 13.4. The number of aliphatic carboxylic acids is 1. The number of halogens is 2. The second kappa shape index (κ2) is 4.91. The van der Waals surface area contributed by atoms with Crippen LogP contribution in [0, 0.1) is 11.8 Å². The Labute approximate surface area is 107 Å². The first-order valence-corrected chi connectivity index (χ1v) is 5.78. The molecule has 1 aliphatic carbocycles. The Morgan fingerprint density at radius 2 is 2.11 bits per heavy atom. The Bertz CT molecular complexity index is 530. The monoisotopic (exact) mass is 270 g/mol. The van der Waals surface area contributed by atoms with Crippen LogP contribution in [0.4, 0.5) is 8.78 Å². The molecule has 2 rings (SSSR count). The Morgan fingerprint density at radius 3 is 2.63 bits per heavy atom. The number of carboxylic acids is 1. The quantitative estimate of drug-likeness (QED) is 0.812. The summed E-state index contributed by atoms with van der Waals surface area (Å²) in [7, 11) is 0. The Balaban J connectivity index is 2.16. The summed E-state index contributed by atoms with van der Waals surface area (Å²) in [6.45, 7) is 0. The van der Waals surface area contributed by atoms with Crippen molar-refractivity contribution in [2.24, 2.45) is 0 Å². The van der Waals surface area contributed by atoms with Gasteiger partial charge >= 0.3 is 5.97 Å². The van der Waals surface area contributed by atoms with E-state index in [9.17, 15) is 18.4 Å². The summed E-state index contributed by atoms with van der Waals surface area (Å²) in [4.78, 5) is 25.7. The third-order valence-electron chi connectivity index (χ3n) is 3.27. The fourth-order valence-electron chi connectivity index (χ4n) is 2.14. The maximum atomic E-state index is 13.4. The largest absolute Gasteiger partial charge is 0.481 e. The number of carbonyl (C=O) groups is 2. The zero-order valence-corrected chi connectivity index (χ0v) is 9.95. The lowest BCUT2D eigenvalue weighted by Gasteiger charge is -2.41. The van der Waals surface area contributed by atoms with E-state index in [4.69, 9.17) is 5.11 Å². The molecule has 0 bridgehead atoms. The zero-order valence-electron chi connectivity index (χ0n) is 9.95. The van der Waals surface area contributed by atoms with Gasteiger partial charge in [0.1, 0.15) is 0 Å². The molecule has 2 N–H and O–H groups in total. The minimum Gasteiger partial charge on any atom is -0.481 e. The molecule has 7 heteroatoms. The molecule has 0 spiro atoms. The molecule has 1 aromatic heterocycles. The van der Waals surface area contributed by atoms with Gasteiger partial charge in [-0.1, -0.05) is 0 Å². The summed E-state index contributed by atoms with van der Waals surface area (Å²) >= 11 is 0. The van der Waals surface area contributed by atoms with Gasteiger partial charge in [0.05, 0.1) is 17.5 Å². The van der Waals surface area contributed by atoms with Crippen LogP contribution >= 0.6 is 0 Å². The van der Waals surface area contributed by atoms with Gasteiger partial charge in [0.2, 0.25) is 5.95 Å². The van der Waals surface area contributed by atoms with E-state index in [0.29, 0.717) is 12.8 Å². The number of amides is 1. The van der Waals surface area contributed by atoms with Crippen molar-refractivity contribution in [3.05, 3.63) is 29.6 Å². The van der Waals surface area contributed by atoms with Crippen molar-refractivity contribution < 1.29 is 23.5 Å². The predicted molar refractivity (Wildman–Crippen MR) is 60.5 cm³/mol. The Kier molecular flexibility index (Phi) is 3.46. The highest BCUT2D eigenvalue weighted by Gasteiger charge is 2.40. The third-order valence-corrected chi connectivity index (χ3v) is 3.27. The van der Waals surface area contributed by atoms with Crippen molar-refractivity contribution >= 4 is 11.9 Å². The van der Waals surface area contributed by atoms with Crippen LogP contribution in [0.1, 0.15) is 36.0 Å². The van der Waals surface area contributed by atoms with Crippen LogP contribution in [0.3, 0.4) is 0 Å². The van der Waals surface area contributed by atoms with Crippen molar-refractivity contribution in [1.29, 1.82) is 0 Å². The fourth-order valence-corrected chi connectivity index (χ4v) is 2.14. The Morgan fingerprint density at radius 1 is 1.42 bits per heavy atom. The summed E-state index contributed by atoms with van der Waals surface area (Å²) in [5, 5.41) is 11.3. The zero-order chi connectivity index (χ0) is 14.0. The van der Waals surface area contributed by atoms with Gasteiger partial charge in [0.25, 0.3) is 5.91 Å². The number of pyridine rings is 1. The average molecular weight is 270 g/mol. The van der Waals surface area contributed by atoms with E-state index in [2.05, 4.69) is 10.3 Å². The van der Waals surface area contributed by atoms with Gasteiger partial charge in [-0.15, -0.1) is 0 Å². The molecule has 1 saturated carbocycles. The number of carboxylic acid groups (broad SMARTS) is 1. The van der Waals surface area contributed by atoms with Crippen molar-refractivity contribution in [1.82, 2.24) is 10.3 Å². The van der Waals surface area contributed by atoms with Gasteiger partial charge in [-0.05, 0) is 25.3 Å². The van der Waals surface area contributed by atoms with Crippen LogP contribution in [0.15, 0.2) is 12.3 Å². The van der Waals surface area contributed by atoms with Crippen molar-refractivity contribution in [3.63, 3.8) is 0 Å². The minimum absolute atomic E-state index is 0.228. The lowest BCUT2D eigenvalue weighted by Crippen LogP contribution is -2.54. The topological polar surface area (TPSA) is 79.3 Å². The first-order valence-electron chi connectivity index (χ1n) is 5.78. The third kappa shape index (κ3) is 2.69. The Hall–Kier alpha value is -2.05. The molecule has 0 aromatic carbocycles. The van der Waals surface area contributed by atoms with Gasteiger partial charge in [-0.3, -0.25) is 9.59 Å². The van der Waals surface area contributed by atoms with Crippen molar-refractivity contribution in [3.8, 4) is 0 Å². The summed E-state index contributed by atoms with van der Waals surface area (Å²) in [6.07, 6.45) is 2.58. The molecule has 1 amide bonds. The van der Waals surface area contributed by atoms with Crippen LogP contribution < -0.4 is 5.32 Å². The first kappa shape index (κ1) is 13.4. The van der Waals surface area contributed by atoms with Crippen LogP contribution in [-0.2, 0) is 4.79 Å². The SMILES string of the molecule is O=C(O)CC1(NC(=O)c2ccnc(F)c2F)CCC1. The molecule has 1 heterocycles. The van der Waals surface area contributed by atoms with E-state index in [1.54, 1.807) is 0 Å². The number of hydrogen-bond acceptors (Lipinski definition) is 3. The molecule has 102 valence electrons. The van der Waals surface area contributed by atoms with Crippen LogP contribution in [0.25, 0.3) is 0 Å². The molecule has 0 radical (unpaired) electrons. The number of aromatic nitrogens is 1. The van der Waals surface area contributed by atoms with Crippen molar-refractivity contribution in [2.45, 2.75) is 31.2 Å². The molecule has 0 unspecified atom stereocenters. The number of hydrogen-bond donors (Lipinski definition) is 2. The van der Waals surface area contributed by atoms with Gasteiger partial charge in [0, 0.05) is 6.20 Å². The predicted octanol–water partition coefficient (Wildman–Crippen LogP) is 1.49. The number of rotatable bonds is 4. The number of nitrogens with one attached hydrogen (secondary N) is 1. The van der Waals surface area contributed by atoms with Crippen LogP contribution in [-0.4, -0.2) is 27.5 Å². The number of carbonyl (C=O) groups excluding carboxylic acids is 1. The summed E-state index contributed by atoms with van der Waals surface area (Å²) in [5.74, 6) is -4.54. The standard InChI is InChI=1S/C12H12F2N2O3/c13-9-7(2-5-15-10(9)14)11(19)16-12(3-1-4-12)6-8(17)18/h2,5H,1,3-4,6H2,(H,16,19)(H,17,18). The van der Waals surface area contributed by atoms with E-state index >= 15 is 0 Å². The molecule has 1 aliphatic rings. The van der Waals surface area contributed by atoms with Crippen LogP contribution in [0.2, 0.25) is 0 Å². The average Bonchev–Trinajstić information content (AvgIpc) is 2.29. The molecule has 0 aliphatic heterocycles. The van der Waals surface area contributed by atoms with Gasteiger partial charge < -0.3 is 10.4 Å². The maximum Gasteiger partial charge on any atom is 0.305 e. The first-order chi connectivity index (χ1) is 8.93. The molecule has 19 heavy (non-hydrogen) atoms. The van der Waals surface area contributed by atoms with Gasteiger partial charge in [-0.25, -0.2) is 9.37 Å². The highest BCUT2D eigenvalue weighted by atomic mass is 19.2. The van der Waals surface area contributed by atoms with E-state index in [1.165, 1.54) is 0 Å². The molecule has 0 saturated heterocycles.